The number of esters is 1. The highest BCUT2D eigenvalue weighted by Gasteiger charge is 2.45. The van der Waals surface area contributed by atoms with Crippen LogP contribution in [0.2, 0.25) is 18.1 Å². The zero-order chi connectivity index (χ0) is 49.6. The summed E-state index contributed by atoms with van der Waals surface area (Å²) in [5, 5.41) is 5.46. The van der Waals surface area contributed by atoms with E-state index in [2.05, 4.69) is 66.4 Å². The normalized spacial score (nSPS) is 17.5. The lowest BCUT2D eigenvalue weighted by molar-refractivity contribution is -0.158. The molecule has 4 aromatic rings. The number of anilines is 1. The summed E-state index contributed by atoms with van der Waals surface area (Å²) in [4.78, 5) is 91.8. The molecule has 0 aliphatic carbocycles. The van der Waals surface area contributed by atoms with E-state index in [1.165, 1.54) is 11.2 Å². The first-order chi connectivity index (χ1) is 31.3. The fourth-order valence-corrected chi connectivity index (χ4v) is 8.71. The van der Waals surface area contributed by atoms with Crippen molar-refractivity contribution in [2.75, 3.05) is 12.4 Å². The van der Waals surface area contributed by atoms with Gasteiger partial charge >= 0.3 is 12.1 Å². The number of hydrogen-bond donors (Lipinski definition) is 3. The highest BCUT2D eigenvalue weighted by molar-refractivity contribution is 6.74. The Hall–Kier alpha value is -5.72. The summed E-state index contributed by atoms with van der Waals surface area (Å²) < 4.78 is 26.0. The molecule has 2 aromatic heterocycles. The first-order valence-corrected chi connectivity index (χ1v) is 25.9. The number of carbonyl (C=O) groups excluding carboxylic acids is 5. The van der Waals surface area contributed by atoms with Crippen molar-refractivity contribution in [2.45, 2.75) is 156 Å². The zero-order valence-electron chi connectivity index (χ0n) is 41.3. The summed E-state index contributed by atoms with van der Waals surface area (Å²) in [6.07, 6.45) is 1.41. The highest BCUT2D eigenvalue weighted by atomic mass is 28.4. The van der Waals surface area contributed by atoms with Gasteiger partial charge in [-0.2, -0.15) is 4.98 Å². The molecule has 0 saturated carbocycles. The molecule has 18 heteroatoms. The predicted molar refractivity (Wildman–Crippen MR) is 257 cm³/mol. The number of hydrogen-bond acceptors (Lipinski definition) is 12. The molecule has 1 fully saturated rings. The average Bonchev–Trinajstić information content (AvgIpc) is 3.84. The molecular formula is C49H69N7O10Si. The third-order valence-electron chi connectivity index (χ3n) is 12.3. The number of fused-ring (bicyclic) bond motifs is 1. The van der Waals surface area contributed by atoms with Crippen LogP contribution in [0.5, 0.6) is 0 Å². The Bertz CT molecular complexity index is 2470. The van der Waals surface area contributed by atoms with Gasteiger partial charge < -0.3 is 28.9 Å². The van der Waals surface area contributed by atoms with Gasteiger partial charge in [0.25, 0.3) is 11.5 Å². The van der Waals surface area contributed by atoms with Gasteiger partial charge in [-0.25, -0.2) is 9.78 Å². The smallest absolute Gasteiger partial charge is 0.410 e. The molecule has 2 aromatic carbocycles. The predicted octanol–water partition coefficient (Wildman–Crippen LogP) is 7.85. The molecule has 364 valence electrons. The number of aromatic nitrogens is 4. The van der Waals surface area contributed by atoms with E-state index in [0.29, 0.717) is 23.1 Å². The number of aromatic amines is 1. The molecule has 0 spiro atoms. The number of imidazole rings is 1. The summed E-state index contributed by atoms with van der Waals surface area (Å²) in [5.41, 5.74) is 1.30. The lowest BCUT2D eigenvalue weighted by Gasteiger charge is -2.39. The molecule has 3 amide bonds. The van der Waals surface area contributed by atoms with E-state index in [1.807, 2.05) is 13.8 Å². The fraction of sp³-hybridized carbons (Fsp3) is 0.551. The van der Waals surface area contributed by atoms with Gasteiger partial charge in [-0.3, -0.25) is 38.8 Å². The van der Waals surface area contributed by atoms with Crippen LogP contribution in [0, 0.1) is 11.8 Å². The summed E-state index contributed by atoms with van der Waals surface area (Å²) in [6.45, 7) is 23.5. The average molecular weight is 944 g/mol. The van der Waals surface area contributed by atoms with Crippen LogP contribution < -0.4 is 16.2 Å². The van der Waals surface area contributed by atoms with E-state index in [9.17, 15) is 28.8 Å². The van der Waals surface area contributed by atoms with Gasteiger partial charge in [0, 0.05) is 32.0 Å². The number of carbonyl (C=O) groups is 5. The summed E-state index contributed by atoms with van der Waals surface area (Å²) in [6, 6.07) is 13.0. The van der Waals surface area contributed by atoms with E-state index in [1.54, 1.807) is 87.8 Å². The molecule has 0 radical (unpaired) electrons. The van der Waals surface area contributed by atoms with Crippen LogP contribution in [-0.4, -0.2) is 93.3 Å². The van der Waals surface area contributed by atoms with Gasteiger partial charge in [0.2, 0.25) is 11.9 Å². The molecule has 0 bridgehead atoms. The second-order valence-corrected chi connectivity index (χ2v) is 25.1. The molecule has 1 aliphatic heterocycles. The number of amides is 3. The number of H-pyrrole nitrogens is 1. The summed E-state index contributed by atoms with van der Waals surface area (Å²) in [5.74, 6) is -2.50. The Kier molecular flexibility index (Phi) is 16.8. The van der Waals surface area contributed by atoms with Crippen molar-refractivity contribution in [1.82, 2.24) is 29.7 Å². The molecule has 17 nitrogen and oxygen atoms in total. The quantitative estimate of drug-likeness (QED) is 0.0643. The second-order valence-electron chi connectivity index (χ2n) is 20.3. The van der Waals surface area contributed by atoms with Crippen molar-refractivity contribution in [1.29, 1.82) is 0 Å². The number of ether oxygens (including phenoxy) is 3. The van der Waals surface area contributed by atoms with E-state index < -0.39 is 55.6 Å². The number of benzene rings is 2. The third kappa shape index (κ3) is 13.7. The first kappa shape index (κ1) is 52.2. The van der Waals surface area contributed by atoms with Crippen LogP contribution in [0.4, 0.5) is 10.7 Å². The zero-order valence-corrected chi connectivity index (χ0v) is 42.3. The van der Waals surface area contributed by atoms with Crippen LogP contribution in [0.15, 0.2) is 59.7 Å². The van der Waals surface area contributed by atoms with Crippen LogP contribution in [0.25, 0.3) is 11.2 Å². The Morgan fingerprint density at radius 3 is 2.27 bits per heavy atom. The van der Waals surface area contributed by atoms with Crippen molar-refractivity contribution >= 4 is 55.1 Å². The SMILES string of the molecule is CC[C@@H]1C[C@@H](O[Si](C)(C)C(C)(C)C)[C@H](n2cnc3c(=O)[nH]c(NC(=O)c4ccccc4CN(C)C(=O)OCc4ccc(CC(=O)[C@H](C)NC(=O)[C@@H](CC(=O)OC(C)(C)C)C(C)C)cc4)nc32)O1. The van der Waals surface area contributed by atoms with Gasteiger partial charge in [0.1, 0.15) is 12.2 Å². The van der Waals surface area contributed by atoms with Crippen LogP contribution >= 0.6 is 0 Å². The number of nitrogens with one attached hydrogen (secondary N) is 3. The van der Waals surface area contributed by atoms with Crippen molar-refractivity contribution in [2.24, 2.45) is 11.8 Å². The largest absolute Gasteiger partial charge is 0.460 e. The number of rotatable bonds is 18. The molecule has 5 rings (SSSR count). The van der Waals surface area contributed by atoms with Gasteiger partial charge in [-0.05, 0) is 80.9 Å². The number of Topliss-reactive ketones (excluding diaryl/α,β-unsaturated/α-hetero) is 1. The van der Waals surface area contributed by atoms with E-state index >= 15 is 0 Å². The fourth-order valence-electron chi connectivity index (χ4n) is 7.39. The Morgan fingerprint density at radius 1 is 0.985 bits per heavy atom. The van der Waals surface area contributed by atoms with Crippen LogP contribution in [-0.2, 0) is 52.6 Å². The van der Waals surface area contributed by atoms with Crippen molar-refractivity contribution in [3.05, 3.63) is 87.5 Å². The minimum absolute atomic E-state index is 0.0279. The van der Waals surface area contributed by atoms with Gasteiger partial charge in [0.05, 0.1) is 36.9 Å². The van der Waals surface area contributed by atoms with Crippen molar-refractivity contribution in [3.63, 3.8) is 0 Å². The van der Waals surface area contributed by atoms with Crippen LogP contribution in [0.3, 0.4) is 0 Å². The standard InChI is InChI=1S/C49H69N7O10Si/c1-14-34-24-38(66-67(12,13)49(8,9)10)45(64-34)56-28-50-40-41(56)52-46(54-44(40)61)53-42(59)35-18-16-15-17-33(35)26-55(11)47(62)63-27-32-21-19-31(20-22-32)23-37(57)30(4)51-43(60)36(29(2)3)25-39(58)65-48(5,6)7/h15-22,28-30,34,36,38,45H,14,23-27H2,1-13H3,(H,51,60)(H2,52,53,54,59,61)/t30-,34+,36-,38+,45+/m0/s1. The Balaban J connectivity index is 1.17. The maximum atomic E-state index is 13.8. The van der Waals surface area contributed by atoms with E-state index in [0.717, 1.165) is 6.42 Å². The maximum absolute atomic E-state index is 13.8. The van der Waals surface area contributed by atoms with Gasteiger partial charge in [0.15, 0.2) is 31.5 Å². The second kappa shape index (κ2) is 21.5. The minimum Gasteiger partial charge on any atom is -0.460 e. The van der Waals surface area contributed by atoms with E-state index in [-0.39, 0.29) is 83.5 Å². The Labute approximate surface area is 394 Å². The number of nitrogens with zero attached hydrogens (tertiary/aromatic N) is 4. The maximum Gasteiger partial charge on any atom is 0.410 e. The molecule has 1 saturated heterocycles. The molecule has 67 heavy (non-hydrogen) atoms. The molecular weight excluding hydrogens is 875 g/mol. The lowest BCUT2D eigenvalue weighted by Crippen LogP contribution is -2.45. The minimum atomic E-state index is -2.20. The molecule has 0 unspecified atom stereocenters. The topological polar surface area (TPSA) is 213 Å². The first-order valence-electron chi connectivity index (χ1n) is 23.0. The molecule has 3 heterocycles. The molecule has 3 N–H and O–H groups in total. The summed E-state index contributed by atoms with van der Waals surface area (Å²) >= 11 is 0. The van der Waals surface area contributed by atoms with Gasteiger partial charge in [-0.1, -0.05) is 84.0 Å². The molecule has 1 aliphatic rings. The van der Waals surface area contributed by atoms with Gasteiger partial charge in [-0.15, -0.1) is 0 Å². The highest BCUT2D eigenvalue weighted by Crippen LogP contribution is 2.42. The monoisotopic (exact) mass is 943 g/mol. The van der Waals surface area contributed by atoms with E-state index in [4.69, 9.17) is 18.6 Å². The van der Waals surface area contributed by atoms with Crippen molar-refractivity contribution in [3.8, 4) is 0 Å². The summed E-state index contributed by atoms with van der Waals surface area (Å²) in [7, 11) is -0.650. The third-order valence-corrected chi connectivity index (χ3v) is 16.8. The number of ketones is 1. The Morgan fingerprint density at radius 2 is 1.64 bits per heavy atom. The van der Waals surface area contributed by atoms with Crippen LogP contribution in [0.1, 0.15) is 122 Å². The lowest BCUT2D eigenvalue weighted by atomic mass is 9.91. The molecule has 5 atom stereocenters. The van der Waals surface area contributed by atoms with Crippen molar-refractivity contribution < 1.29 is 42.6 Å².